The van der Waals surface area contributed by atoms with Crippen LogP contribution < -0.4 is 5.73 Å². The molecule has 72 valence electrons. The van der Waals surface area contributed by atoms with Crippen molar-refractivity contribution in [2.24, 2.45) is 0 Å². The number of nitrogen functional groups attached to an aromatic ring is 1. The number of thiophene rings is 1. The molecule has 1 aromatic heterocycles. The van der Waals surface area contributed by atoms with E-state index in [4.69, 9.17) is 5.73 Å². The van der Waals surface area contributed by atoms with E-state index >= 15 is 0 Å². The standard InChI is InChI=1S/C12H13NS/c1-8-6-10(11(13)7-9(8)2)12-4-3-5-14-12/h3-7H,13H2,1-2H3. The maximum atomic E-state index is 5.99. The van der Waals surface area contributed by atoms with Crippen molar-refractivity contribution >= 4 is 17.0 Å². The molecule has 14 heavy (non-hydrogen) atoms. The van der Waals surface area contributed by atoms with Gasteiger partial charge in [0.25, 0.3) is 0 Å². The summed E-state index contributed by atoms with van der Waals surface area (Å²) >= 11 is 1.72. The Balaban J connectivity index is 2.60. The first kappa shape index (κ1) is 9.28. The van der Waals surface area contributed by atoms with Crippen molar-refractivity contribution in [2.45, 2.75) is 13.8 Å². The molecule has 0 radical (unpaired) electrons. The fourth-order valence-corrected chi connectivity index (χ4v) is 2.25. The van der Waals surface area contributed by atoms with Crippen LogP contribution in [0.25, 0.3) is 10.4 Å². The fourth-order valence-electron chi connectivity index (χ4n) is 1.48. The number of aryl methyl sites for hydroxylation is 2. The van der Waals surface area contributed by atoms with Crippen LogP contribution in [0.5, 0.6) is 0 Å². The van der Waals surface area contributed by atoms with Crippen LogP contribution >= 0.6 is 11.3 Å². The summed E-state index contributed by atoms with van der Waals surface area (Å²) in [4.78, 5) is 1.24. The molecule has 0 saturated heterocycles. The minimum Gasteiger partial charge on any atom is -0.398 e. The maximum Gasteiger partial charge on any atom is 0.0404 e. The van der Waals surface area contributed by atoms with E-state index in [2.05, 4.69) is 37.4 Å². The topological polar surface area (TPSA) is 26.0 Å². The molecule has 0 fully saturated rings. The predicted molar refractivity (Wildman–Crippen MR) is 63.6 cm³/mol. The Morgan fingerprint density at radius 1 is 1.14 bits per heavy atom. The van der Waals surface area contributed by atoms with Gasteiger partial charge in [0.2, 0.25) is 0 Å². The number of anilines is 1. The van der Waals surface area contributed by atoms with Crippen molar-refractivity contribution in [1.82, 2.24) is 0 Å². The van der Waals surface area contributed by atoms with E-state index in [9.17, 15) is 0 Å². The van der Waals surface area contributed by atoms with Gasteiger partial charge in [0.05, 0.1) is 0 Å². The molecule has 2 N–H and O–H groups in total. The Labute approximate surface area is 88.2 Å². The first-order valence-electron chi connectivity index (χ1n) is 4.59. The van der Waals surface area contributed by atoms with Crippen molar-refractivity contribution in [3.63, 3.8) is 0 Å². The molecule has 0 amide bonds. The summed E-state index contributed by atoms with van der Waals surface area (Å²) < 4.78 is 0. The van der Waals surface area contributed by atoms with Crippen LogP contribution in [0.3, 0.4) is 0 Å². The molecule has 0 unspecified atom stereocenters. The molecule has 0 aliphatic rings. The van der Waals surface area contributed by atoms with Gasteiger partial charge in [0, 0.05) is 16.1 Å². The highest BCUT2D eigenvalue weighted by Crippen LogP contribution is 2.31. The molecular weight excluding hydrogens is 190 g/mol. The summed E-state index contributed by atoms with van der Waals surface area (Å²) in [5.41, 5.74) is 10.6. The second kappa shape index (κ2) is 3.46. The van der Waals surface area contributed by atoms with Crippen LogP contribution in [0.4, 0.5) is 5.69 Å². The first-order valence-corrected chi connectivity index (χ1v) is 5.47. The van der Waals surface area contributed by atoms with Gasteiger partial charge in [-0.25, -0.2) is 0 Å². The molecule has 0 aliphatic carbocycles. The lowest BCUT2D eigenvalue weighted by Crippen LogP contribution is -1.92. The third kappa shape index (κ3) is 1.53. The highest BCUT2D eigenvalue weighted by Gasteiger charge is 2.05. The van der Waals surface area contributed by atoms with E-state index in [-0.39, 0.29) is 0 Å². The van der Waals surface area contributed by atoms with E-state index in [1.165, 1.54) is 16.0 Å². The van der Waals surface area contributed by atoms with Crippen LogP contribution in [0.2, 0.25) is 0 Å². The minimum atomic E-state index is 0.871. The third-order valence-electron chi connectivity index (χ3n) is 2.45. The monoisotopic (exact) mass is 203 g/mol. The maximum absolute atomic E-state index is 5.99. The van der Waals surface area contributed by atoms with Crippen LogP contribution in [-0.4, -0.2) is 0 Å². The normalized spacial score (nSPS) is 10.4. The summed E-state index contributed by atoms with van der Waals surface area (Å²) in [6, 6.07) is 8.36. The number of hydrogen-bond acceptors (Lipinski definition) is 2. The SMILES string of the molecule is Cc1cc(N)c(-c2cccs2)cc1C. The number of hydrogen-bond donors (Lipinski definition) is 1. The largest absolute Gasteiger partial charge is 0.398 e. The quantitative estimate of drug-likeness (QED) is 0.704. The molecular formula is C12H13NS. The van der Waals surface area contributed by atoms with Crippen molar-refractivity contribution in [3.8, 4) is 10.4 Å². The highest BCUT2D eigenvalue weighted by molar-refractivity contribution is 7.13. The third-order valence-corrected chi connectivity index (χ3v) is 3.36. The zero-order valence-electron chi connectivity index (χ0n) is 8.37. The van der Waals surface area contributed by atoms with Crippen molar-refractivity contribution < 1.29 is 0 Å². The van der Waals surface area contributed by atoms with E-state index in [0.717, 1.165) is 11.3 Å². The lowest BCUT2D eigenvalue weighted by Gasteiger charge is -2.07. The first-order chi connectivity index (χ1) is 6.68. The number of nitrogens with two attached hydrogens (primary N) is 1. The van der Waals surface area contributed by atoms with Crippen molar-refractivity contribution in [3.05, 3.63) is 40.8 Å². The van der Waals surface area contributed by atoms with Gasteiger partial charge in [-0.3, -0.25) is 0 Å². The summed E-state index contributed by atoms with van der Waals surface area (Å²) in [7, 11) is 0. The van der Waals surface area contributed by atoms with Gasteiger partial charge in [0.15, 0.2) is 0 Å². The van der Waals surface area contributed by atoms with Gasteiger partial charge in [-0.2, -0.15) is 0 Å². The molecule has 0 saturated carbocycles. The van der Waals surface area contributed by atoms with Crippen molar-refractivity contribution in [1.29, 1.82) is 0 Å². The zero-order valence-corrected chi connectivity index (χ0v) is 9.19. The molecule has 0 spiro atoms. The van der Waals surface area contributed by atoms with Crippen LogP contribution in [-0.2, 0) is 0 Å². The minimum absolute atomic E-state index is 0.871. The van der Waals surface area contributed by atoms with E-state index < -0.39 is 0 Å². The zero-order chi connectivity index (χ0) is 10.1. The van der Waals surface area contributed by atoms with Crippen LogP contribution in [0.1, 0.15) is 11.1 Å². The van der Waals surface area contributed by atoms with E-state index in [1.54, 1.807) is 11.3 Å². The summed E-state index contributed by atoms with van der Waals surface area (Å²) in [5, 5.41) is 2.07. The Morgan fingerprint density at radius 3 is 2.50 bits per heavy atom. The molecule has 1 aromatic carbocycles. The molecule has 0 atom stereocenters. The van der Waals surface area contributed by atoms with Gasteiger partial charge in [-0.1, -0.05) is 6.07 Å². The second-order valence-corrected chi connectivity index (χ2v) is 4.45. The lowest BCUT2D eigenvalue weighted by atomic mass is 10.0. The Hall–Kier alpha value is -1.28. The second-order valence-electron chi connectivity index (χ2n) is 3.50. The van der Waals surface area contributed by atoms with Crippen LogP contribution in [0, 0.1) is 13.8 Å². The smallest absolute Gasteiger partial charge is 0.0404 e. The molecule has 0 bridgehead atoms. The van der Waals surface area contributed by atoms with Gasteiger partial charge in [0.1, 0.15) is 0 Å². The highest BCUT2D eigenvalue weighted by atomic mass is 32.1. The predicted octanol–water partition coefficient (Wildman–Crippen LogP) is 3.61. The molecule has 1 heterocycles. The lowest BCUT2D eigenvalue weighted by molar-refractivity contribution is 1.35. The summed E-state index contributed by atoms with van der Waals surface area (Å²) in [6.45, 7) is 4.20. The molecule has 2 heteroatoms. The van der Waals surface area contributed by atoms with Crippen LogP contribution in [0.15, 0.2) is 29.6 Å². The number of benzene rings is 1. The van der Waals surface area contributed by atoms with E-state index in [1.807, 2.05) is 6.07 Å². The Kier molecular flexibility index (Phi) is 2.30. The molecule has 0 aliphatic heterocycles. The van der Waals surface area contributed by atoms with E-state index in [0.29, 0.717) is 0 Å². The Morgan fingerprint density at radius 2 is 1.86 bits per heavy atom. The summed E-state index contributed by atoms with van der Waals surface area (Å²) in [5.74, 6) is 0. The average Bonchev–Trinajstić information content (AvgIpc) is 2.64. The van der Waals surface area contributed by atoms with Gasteiger partial charge < -0.3 is 5.73 Å². The molecule has 2 aromatic rings. The average molecular weight is 203 g/mol. The molecule has 2 rings (SSSR count). The van der Waals surface area contributed by atoms with Gasteiger partial charge in [-0.05, 0) is 48.6 Å². The fraction of sp³-hybridized carbons (Fsp3) is 0.167. The van der Waals surface area contributed by atoms with Crippen molar-refractivity contribution in [2.75, 3.05) is 5.73 Å². The Bertz CT molecular complexity index is 444. The molecule has 1 nitrogen and oxygen atoms in total. The van der Waals surface area contributed by atoms with Gasteiger partial charge >= 0.3 is 0 Å². The van der Waals surface area contributed by atoms with Gasteiger partial charge in [-0.15, -0.1) is 11.3 Å². The number of rotatable bonds is 1. The summed E-state index contributed by atoms with van der Waals surface area (Å²) in [6.07, 6.45) is 0.